The second kappa shape index (κ2) is 6.85. The van der Waals surface area contributed by atoms with E-state index in [4.69, 9.17) is 16.3 Å². The van der Waals surface area contributed by atoms with E-state index in [9.17, 15) is 4.79 Å². The van der Waals surface area contributed by atoms with Crippen molar-refractivity contribution in [3.63, 3.8) is 0 Å². The number of hydrogen-bond donors (Lipinski definition) is 0. The minimum absolute atomic E-state index is 0.0371. The van der Waals surface area contributed by atoms with Gasteiger partial charge in [0.05, 0.1) is 17.7 Å². The van der Waals surface area contributed by atoms with E-state index in [2.05, 4.69) is 4.98 Å². The summed E-state index contributed by atoms with van der Waals surface area (Å²) in [5.74, 6) is 0.373. The third-order valence-corrected chi connectivity index (χ3v) is 4.65. The Bertz CT molecular complexity index is 732. The zero-order chi connectivity index (χ0) is 16.4. The van der Waals surface area contributed by atoms with Gasteiger partial charge in [0.2, 0.25) is 0 Å². The molecule has 1 aromatic heterocycles. The van der Waals surface area contributed by atoms with Gasteiger partial charge >= 0.3 is 0 Å². The number of pyridine rings is 1. The molecule has 1 amide bonds. The Kier molecular flexibility index (Phi) is 4.83. The number of aromatic nitrogens is 1. The molecular formula is C18H21ClN2O2. The fraction of sp³-hybridized carbons (Fsp3) is 0.444. The van der Waals surface area contributed by atoms with Crippen LogP contribution < -0.4 is 0 Å². The van der Waals surface area contributed by atoms with Crippen LogP contribution in [-0.2, 0) is 4.74 Å². The summed E-state index contributed by atoms with van der Waals surface area (Å²) in [7, 11) is 0. The van der Waals surface area contributed by atoms with E-state index in [1.54, 1.807) is 0 Å². The van der Waals surface area contributed by atoms with Crippen molar-refractivity contribution in [3.05, 3.63) is 40.5 Å². The van der Waals surface area contributed by atoms with Crippen molar-refractivity contribution >= 4 is 28.4 Å². The van der Waals surface area contributed by atoms with Crippen molar-refractivity contribution in [1.29, 1.82) is 0 Å². The molecule has 0 saturated carbocycles. The molecule has 23 heavy (non-hydrogen) atoms. The van der Waals surface area contributed by atoms with E-state index in [-0.39, 0.29) is 11.1 Å². The van der Waals surface area contributed by atoms with E-state index < -0.39 is 0 Å². The number of benzene rings is 1. The highest BCUT2D eigenvalue weighted by Crippen LogP contribution is 2.26. The molecule has 1 aliphatic rings. The maximum atomic E-state index is 12.8. The van der Waals surface area contributed by atoms with Crippen LogP contribution in [0.2, 0.25) is 5.15 Å². The first-order chi connectivity index (χ1) is 11.1. The second-order valence-electron chi connectivity index (χ2n) is 6.04. The summed E-state index contributed by atoms with van der Waals surface area (Å²) in [6.45, 7) is 6.87. The summed E-state index contributed by atoms with van der Waals surface area (Å²) >= 11 is 6.29. The molecule has 0 bridgehead atoms. The van der Waals surface area contributed by atoms with Gasteiger partial charge in [-0.3, -0.25) is 4.79 Å². The molecule has 0 spiro atoms. The zero-order valence-electron chi connectivity index (χ0n) is 13.5. The van der Waals surface area contributed by atoms with E-state index in [0.717, 1.165) is 36.0 Å². The first-order valence-electron chi connectivity index (χ1n) is 8.03. The van der Waals surface area contributed by atoms with Gasteiger partial charge in [-0.2, -0.15) is 0 Å². The monoisotopic (exact) mass is 332 g/mol. The molecule has 1 fully saturated rings. The number of nitrogens with zero attached hydrogens (tertiary/aromatic N) is 2. The van der Waals surface area contributed by atoms with Gasteiger partial charge in [0.25, 0.3) is 5.91 Å². The van der Waals surface area contributed by atoms with Gasteiger partial charge in [0.15, 0.2) is 0 Å². The zero-order valence-corrected chi connectivity index (χ0v) is 14.3. The first kappa shape index (κ1) is 16.2. The average molecular weight is 333 g/mol. The Morgan fingerprint density at radius 3 is 3.09 bits per heavy atom. The summed E-state index contributed by atoms with van der Waals surface area (Å²) < 4.78 is 5.47. The Hall–Kier alpha value is -1.65. The van der Waals surface area contributed by atoms with Gasteiger partial charge < -0.3 is 9.64 Å². The molecule has 0 radical (unpaired) electrons. The Morgan fingerprint density at radius 2 is 2.30 bits per heavy atom. The molecule has 122 valence electrons. The molecular weight excluding hydrogens is 312 g/mol. The first-order valence-corrected chi connectivity index (χ1v) is 8.40. The average Bonchev–Trinajstić information content (AvgIpc) is 3.01. The predicted molar refractivity (Wildman–Crippen MR) is 92.0 cm³/mol. The van der Waals surface area contributed by atoms with Crippen LogP contribution in [0, 0.1) is 12.8 Å². The van der Waals surface area contributed by atoms with Gasteiger partial charge in [0.1, 0.15) is 5.15 Å². The summed E-state index contributed by atoms with van der Waals surface area (Å²) in [6, 6.07) is 7.78. The lowest BCUT2D eigenvalue weighted by atomic mass is 10.1. The molecule has 1 atom stereocenters. The van der Waals surface area contributed by atoms with Crippen LogP contribution in [0.4, 0.5) is 0 Å². The van der Waals surface area contributed by atoms with Crippen LogP contribution >= 0.6 is 11.6 Å². The maximum absolute atomic E-state index is 12.8. The highest BCUT2D eigenvalue weighted by Gasteiger charge is 2.28. The number of para-hydroxylation sites is 1. The fourth-order valence-electron chi connectivity index (χ4n) is 3.08. The number of likely N-dealkylation sites (tertiary alicyclic amines) is 1. The van der Waals surface area contributed by atoms with E-state index in [1.165, 1.54) is 0 Å². The minimum atomic E-state index is -0.0371. The summed E-state index contributed by atoms with van der Waals surface area (Å²) in [5.41, 5.74) is 2.40. The van der Waals surface area contributed by atoms with Crippen LogP contribution in [-0.4, -0.2) is 42.1 Å². The molecule has 1 aliphatic heterocycles. The van der Waals surface area contributed by atoms with E-state index >= 15 is 0 Å². The number of amides is 1. The van der Waals surface area contributed by atoms with Crippen LogP contribution in [0.1, 0.15) is 29.3 Å². The second-order valence-corrected chi connectivity index (χ2v) is 6.40. The minimum Gasteiger partial charge on any atom is -0.381 e. The van der Waals surface area contributed by atoms with Crippen molar-refractivity contribution in [1.82, 2.24) is 9.88 Å². The van der Waals surface area contributed by atoms with E-state index in [1.807, 2.05) is 43.0 Å². The lowest BCUT2D eigenvalue weighted by Crippen LogP contribution is -2.29. The van der Waals surface area contributed by atoms with Crippen molar-refractivity contribution < 1.29 is 9.53 Å². The number of rotatable bonds is 4. The largest absolute Gasteiger partial charge is 0.381 e. The van der Waals surface area contributed by atoms with E-state index in [0.29, 0.717) is 24.7 Å². The SMILES string of the molecule is CCOC[C@@H]1CCN(C(=O)c2cc3cccc(C)c3nc2Cl)C1. The number of hydrogen-bond acceptors (Lipinski definition) is 3. The summed E-state index contributed by atoms with van der Waals surface area (Å²) in [5, 5.41) is 1.23. The number of aryl methyl sites for hydroxylation is 1. The third-order valence-electron chi connectivity index (χ3n) is 4.36. The van der Waals surface area contributed by atoms with Crippen LogP contribution in [0.15, 0.2) is 24.3 Å². The molecule has 4 nitrogen and oxygen atoms in total. The highest BCUT2D eigenvalue weighted by atomic mass is 35.5. The van der Waals surface area contributed by atoms with Crippen molar-refractivity contribution in [2.24, 2.45) is 5.92 Å². The number of fused-ring (bicyclic) bond motifs is 1. The molecule has 0 aliphatic carbocycles. The third kappa shape index (κ3) is 3.33. The van der Waals surface area contributed by atoms with Crippen LogP contribution in [0.25, 0.3) is 10.9 Å². The van der Waals surface area contributed by atoms with Crippen molar-refractivity contribution in [2.45, 2.75) is 20.3 Å². The van der Waals surface area contributed by atoms with Gasteiger partial charge in [-0.15, -0.1) is 0 Å². The summed E-state index contributed by atoms with van der Waals surface area (Å²) in [6.07, 6.45) is 0.976. The summed E-state index contributed by atoms with van der Waals surface area (Å²) in [4.78, 5) is 19.1. The molecule has 5 heteroatoms. The molecule has 2 heterocycles. The number of ether oxygens (including phenoxy) is 1. The lowest BCUT2D eigenvalue weighted by Gasteiger charge is -2.17. The normalized spacial score (nSPS) is 17.9. The van der Waals surface area contributed by atoms with Crippen LogP contribution in [0.3, 0.4) is 0 Å². The van der Waals surface area contributed by atoms with Gasteiger partial charge in [-0.25, -0.2) is 4.98 Å². The standard InChI is InChI=1S/C18H21ClN2O2/c1-3-23-11-13-7-8-21(10-13)18(22)15-9-14-6-4-5-12(2)16(14)20-17(15)19/h4-6,9,13H,3,7-8,10-11H2,1-2H3/t13-/m1/s1. The molecule has 1 saturated heterocycles. The highest BCUT2D eigenvalue weighted by molar-refractivity contribution is 6.33. The number of carbonyl (C=O) groups excluding carboxylic acids is 1. The Morgan fingerprint density at radius 1 is 1.48 bits per heavy atom. The van der Waals surface area contributed by atoms with Crippen molar-refractivity contribution in [3.8, 4) is 0 Å². The number of halogens is 1. The Balaban J connectivity index is 1.83. The number of carbonyl (C=O) groups is 1. The molecule has 0 unspecified atom stereocenters. The predicted octanol–water partition coefficient (Wildman–Crippen LogP) is 3.70. The topological polar surface area (TPSA) is 42.4 Å². The van der Waals surface area contributed by atoms with Gasteiger partial charge in [0, 0.05) is 31.0 Å². The molecule has 2 aromatic rings. The van der Waals surface area contributed by atoms with Crippen molar-refractivity contribution in [2.75, 3.05) is 26.3 Å². The molecule has 0 N–H and O–H groups in total. The lowest BCUT2D eigenvalue weighted by molar-refractivity contribution is 0.0763. The smallest absolute Gasteiger partial charge is 0.257 e. The van der Waals surface area contributed by atoms with Gasteiger partial charge in [-0.05, 0) is 31.9 Å². The quantitative estimate of drug-likeness (QED) is 0.802. The van der Waals surface area contributed by atoms with Gasteiger partial charge in [-0.1, -0.05) is 29.8 Å². The molecule has 3 rings (SSSR count). The van der Waals surface area contributed by atoms with Crippen LogP contribution in [0.5, 0.6) is 0 Å². The fourth-order valence-corrected chi connectivity index (χ4v) is 3.30. The Labute approximate surface area is 141 Å². The molecule has 1 aromatic carbocycles. The maximum Gasteiger partial charge on any atom is 0.257 e.